The van der Waals surface area contributed by atoms with Crippen LogP contribution >= 0.6 is 15.9 Å². The monoisotopic (exact) mass is 426 g/mol. The first-order valence-electron chi connectivity index (χ1n) is 8.05. The van der Waals surface area contributed by atoms with E-state index in [1.54, 1.807) is 24.1 Å². The molecule has 4 nitrogen and oxygen atoms in total. The van der Waals surface area contributed by atoms with Crippen LogP contribution in [0.4, 0.5) is 8.78 Å². The van der Waals surface area contributed by atoms with E-state index in [9.17, 15) is 13.6 Å². The molecule has 1 amide bonds. The number of likely N-dealkylation sites (N-methyl/N-ethyl adjacent to an activating group) is 2. The number of benzene rings is 2. The van der Waals surface area contributed by atoms with Gasteiger partial charge in [-0.05, 0) is 36.4 Å². The Bertz CT molecular complexity index is 726. The lowest BCUT2D eigenvalue weighted by Gasteiger charge is -2.22. The Morgan fingerprint density at radius 2 is 1.73 bits per heavy atom. The zero-order valence-corrected chi connectivity index (χ0v) is 16.2. The minimum atomic E-state index is -2.84. The van der Waals surface area contributed by atoms with Crippen molar-refractivity contribution in [2.45, 2.75) is 19.7 Å². The molecule has 0 heterocycles. The smallest absolute Gasteiger partial charge is 0.387 e. The normalized spacial score (nSPS) is 11.0. The van der Waals surface area contributed by atoms with E-state index in [4.69, 9.17) is 0 Å². The van der Waals surface area contributed by atoms with Crippen molar-refractivity contribution >= 4 is 21.8 Å². The highest BCUT2D eigenvalue weighted by molar-refractivity contribution is 9.10. The first-order valence-corrected chi connectivity index (χ1v) is 8.84. The molecule has 0 spiro atoms. The zero-order valence-electron chi connectivity index (χ0n) is 14.7. The molecule has 0 aromatic heterocycles. The molecule has 2 aromatic rings. The van der Waals surface area contributed by atoms with E-state index in [2.05, 4.69) is 20.7 Å². The summed E-state index contributed by atoms with van der Waals surface area (Å²) in [7, 11) is 3.61. The Morgan fingerprint density at radius 3 is 2.35 bits per heavy atom. The van der Waals surface area contributed by atoms with Crippen LogP contribution in [-0.4, -0.2) is 43.0 Å². The van der Waals surface area contributed by atoms with Crippen molar-refractivity contribution in [3.8, 4) is 5.75 Å². The lowest BCUT2D eigenvalue weighted by atomic mass is 10.2. The maximum Gasteiger partial charge on any atom is 0.387 e. The van der Waals surface area contributed by atoms with Crippen molar-refractivity contribution in [1.82, 2.24) is 9.80 Å². The minimum absolute atomic E-state index is 0.0209. The number of carbonyl (C=O) groups excluding carboxylic acids is 1. The summed E-state index contributed by atoms with van der Waals surface area (Å²) >= 11 is 3.51. The number of carbonyl (C=O) groups is 1. The standard InChI is InChI=1S/C19H21BrF2N2O2/c1-23(12-15-5-3-4-6-17(15)20)13-18(25)24(2)11-14-7-9-16(10-8-14)26-19(21)22/h3-10,19H,11-13H2,1-2H3. The van der Waals surface area contributed by atoms with Crippen molar-refractivity contribution in [2.24, 2.45) is 0 Å². The molecule has 0 N–H and O–H groups in total. The third-order valence-electron chi connectivity index (χ3n) is 3.80. The van der Waals surface area contributed by atoms with Crippen molar-refractivity contribution in [3.63, 3.8) is 0 Å². The maximum absolute atomic E-state index is 12.4. The van der Waals surface area contributed by atoms with Crippen molar-refractivity contribution in [2.75, 3.05) is 20.6 Å². The summed E-state index contributed by atoms with van der Waals surface area (Å²) in [4.78, 5) is 15.9. The van der Waals surface area contributed by atoms with Crippen molar-refractivity contribution < 1.29 is 18.3 Å². The zero-order chi connectivity index (χ0) is 19.1. The van der Waals surface area contributed by atoms with Gasteiger partial charge in [-0.15, -0.1) is 0 Å². The molecule has 0 aliphatic rings. The highest BCUT2D eigenvalue weighted by Crippen LogP contribution is 2.18. The fourth-order valence-electron chi connectivity index (χ4n) is 2.46. The molecule has 0 fully saturated rings. The van der Waals surface area contributed by atoms with Gasteiger partial charge in [-0.3, -0.25) is 9.69 Å². The van der Waals surface area contributed by atoms with Crippen molar-refractivity contribution in [3.05, 3.63) is 64.1 Å². The van der Waals surface area contributed by atoms with Gasteiger partial charge in [0.1, 0.15) is 5.75 Å². The molecule has 2 aromatic carbocycles. The SMILES string of the molecule is CN(CC(=O)N(C)Cc1ccc(OC(F)F)cc1)Cc1ccccc1Br. The van der Waals surface area contributed by atoms with Gasteiger partial charge in [0.2, 0.25) is 5.91 Å². The number of nitrogens with zero attached hydrogens (tertiary/aromatic N) is 2. The van der Waals surface area contributed by atoms with Gasteiger partial charge >= 0.3 is 6.61 Å². The summed E-state index contributed by atoms with van der Waals surface area (Å²) in [5.41, 5.74) is 1.95. The van der Waals surface area contributed by atoms with Crippen molar-refractivity contribution in [1.29, 1.82) is 0 Å². The fourth-order valence-corrected chi connectivity index (χ4v) is 2.87. The first kappa shape index (κ1) is 20.3. The van der Waals surface area contributed by atoms with E-state index in [0.717, 1.165) is 15.6 Å². The minimum Gasteiger partial charge on any atom is -0.435 e. The molecule has 0 radical (unpaired) electrons. The molecule has 0 aliphatic carbocycles. The van der Waals surface area contributed by atoms with E-state index in [0.29, 0.717) is 13.1 Å². The van der Waals surface area contributed by atoms with Gasteiger partial charge in [0.25, 0.3) is 0 Å². The van der Waals surface area contributed by atoms with Gasteiger partial charge in [-0.1, -0.05) is 46.3 Å². The van der Waals surface area contributed by atoms with Gasteiger partial charge in [-0.25, -0.2) is 0 Å². The molecular weight excluding hydrogens is 406 g/mol. The average Bonchev–Trinajstić information content (AvgIpc) is 2.58. The molecule has 0 atom stereocenters. The van der Waals surface area contributed by atoms with E-state index in [1.807, 2.05) is 36.2 Å². The van der Waals surface area contributed by atoms with Gasteiger partial charge in [0, 0.05) is 24.6 Å². The summed E-state index contributed by atoms with van der Waals surface area (Å²) in [6, 6.07) is 14.2. The van der Waals surface area contributed by atoms with E-state index >= 15 is 0 Å². The lowest BCUT2D eigenvalue weighted by molar-refractivity contribution is -0.131. The van der Waals surface area contributed by atoms with Crippen LogP contribution in [0.3, 0.4) is 0 Å². The number of rotatable bonds is 8. The molecule has 0 saturated heterocycles. The second-order valence-corrected chi connectivity index (χ2v) is 6.89. The molecule has 7 heteroatoms. The fraction of sp³-hybridized carbons (Fsp3) is 0.316. The maximum atomic E-state index is 12.4. The Labute approximate surface area is 160 Å². The molecular formula is C19H21BrF2N2O2. The van der Waals surface area contributed by atoms with Crippen LogP contribution in [0, 0.1) is 0 Å². The molecule has 0 unspecified atom stereocenters. The van der Waals surface area contributed by atoms with E-state index in [1.165, 1.54) is 12.1 Å². The third-order valence-corrected chi connectivity index (χ3v) is 4.57. The molecule has 0 bridgehead atoms. The second-order valence-electron chi connectivity index (χ2n) is 6.04. The summed E-state index contributed by atoms with van der Waals surface area (Å²) in [5.74, 6) is 0.0818. The van der Waals surface area contributed by atoms with Gasteiger partial charge in [0.05, 0.1) is 6.54 Å². The van der Waals surface area contributed by atoms with Crippen LogP contribution in [0.2, 0.25) is 0 Å². The Balaban J connectivity index is 1.85. The van der Waals surface area contributed by atoms with E-state index < -0.39 is 6.61 Å². The van der Waals surface area contributed by atoms with Crippen LogP contribution in [0.5, 0.6) is 5.75 Å². The molecule has 2 rings (SSSR count). The summed E-state index contributed by atoms with van der Waals surface area (Å²) in [6.45, 7) is -1.51. The van der Waals surface area contributed by atoms with Gasteiger partial charge in [0.15, 0.2) is 0 Å². The predicted molar refractivity (Wildman–Crippen MR) is 100 cm³/mol. The summed E-state index contributed by atoms with van der Waals surface area (Å²) < 4.78 is 29.6. The Morgan fingerprint density at radius 1 is 1.08 bits per heavy atom. The van der Waals surface area contributed by atoms with E-state index in [-0.39, 0.29) is 18.2 Å². The number of amides is 1. The molecule has 140 valence electrons. The summed E-state index contributed by atoms with van der Waals surface area (Å²) in [5, 5.41) is 0. The number of hydrogen-bond donors (Lipinski definition) is 0. The van der Waals surface area contributed by atoms with Crippen LogP contribution in [0.1, 0.15) is 11.1 Å². The number of hydrogen-bond acceptors (Lipinski definition) is 3. The number of ether oxygens (including phenoxy) is 1. The first-order chi connectivity index (χ1) is 12.3. The Kier molecular flexibility index (Phi) is 7.53. The van der Waals surface area contributed by atoms with Crippen LogP contribution in [0.15, 0.2) is 53.0 Å². The average molecular weight is 427 g/mol. The number of alkyl halides is 2. The topological polar surface area (TPSA) is 32.8 Å². The van der Waals surface area contributed by atoms with Crippen LogP contribution in [0.25, 0.3) is 0 Å². The number of halogens is 3. The summed E-state index contributed by atoms with van der Waals surface area (Å²) in [6.07, 6.45) is 0. The lowest BCUT2D eigenvalue weighted by Crippen LogP contribution is -2.36. The quantitative estimate of drug-likeness (QED) is 0.635. The van der Waals surface area contributed by atoms with Crippen LogP contribution < -0.4 is 4.74 Å². The molecule has 0 aliphatic heterocycles. The van der Waals surface area contributed by atoms with Gasteiger partial charge < -0.3 is 9.64 Å². The Hall–Kier alpha value is -1.99. The second kappa shape index (κ2) is 9.64. The molecule has 0 saturated carbocycles. The predicted octanol–water partition coefficient (Wildman–Crippen LogP) is 4.14. The third kappa shape index (κ3) is 6.38. The highest BCUT2D eigenvalue weighted by Gasteiger charge is 2.13. The molecule has 26 heavy (non-hydrogen) atoms. The van der Waals surface area contributed by atoms with Crippen LogP contribution in [-0.2, 0) is 17.9 Å². The highest BCUT2D eigenvalue weighted by atomic mass is 79.9. The largest absolute Gasteiger partial charge is 0.435 e. The van der Waals surface area contributed by atoms with Gasteiger partial charge in [-0.2, -0.15) is 8.78 Å².